The van der Waals surface area contributed by atoms with Gasteiger partial charge in [0.1, 0.15) is 16.5 Å². The van der Waals surface area contributed by atoms with Crippen molar-refractivity contribution in [1.82, 2.24) is 4.23 Å². The summed E-state index contributed by atoms with van der Waals surface area (Å²) in [4.78, 5) is 12.3. The number of carbonyl (C=O) groups excluding carboxylic acids is 1. The molecule has 0 aliphatic carbocycles. The van der Waals surface area contributed by atoms with Crippen molar-refractivity contribution >= 4 is 30.8 Å². The molecule has 0 rings (SSSR count). The van der Waals surface area contributed by atoms with Crippen molar-refractivity contribution < 1.29 is 9.22 Å². The Kier molecular flexibility index (Phi) is 7.33. The lowest BCUT2D eigenvalue weighted by atomic mass is 10.1. The number of carbonyl (C=O) groups is 1. The Morgan fingerprint density at radius 1 is 1.05 bits per heavy atom. The summed E-state index contributed by atoms with van der Waals surface area (Å²) < 4.78 is 8.35. The Bertz CT molecular complexity index is 351. The highest BCUT2D eigenvalue weighted by molar-refractivity contribution is 6.89. The van der Waals surface area contributed by atoms with E-state index >= 15 is 0 Å². The van der Waals surface area contributed by atoms with Crippen LogP contribution in [0.5, 0.6) is 0 Å². The second-order valence-electron chi connectivity index (χ2n) is 8.68. The Morgan fingerprint density at radius 2 is 1.48 bits per heavy atom. The number of hydrogen-bond donors (Lipinski definition) is 0. The van der Waals surface area contributed by atoms with Crippen LogP contribution in [-0.2, 0) is 9.22 Å². The van der Waals surface area contributed by atoms with Gasteiger partial charge in [-0.3, -0.25) is 4.79 Å². The van der Waals surface area contributed by atoms with Crippen molar-refractivity contribution in [3.63, 3.8) is 0 Å². The molecule has 6 heteroatoms. The van der Waals surface area contributed by atoms with E-state index in [1.54, 1.807) is 0 Å². The molecule has 0 aliphatic heterocycles. The van der Waals surface area contributed by atoms with Crippen LogP contribution < -0.4 is 0 Å². The van der Waals surface area contributed by atoms with E-state index in [0.717, 1.165) is 6.42 Å². The van der Waals surface area contributed by atoms with E-state index in [0.29, 0.717) is 6.42 Å². The van der Waals surface area contributed by atoms with E-state index in [-0.39, 0.29) is 12.0 Å². The number of nitrogens with zero attached hydrogens (tertiary/aromatic N) is 1. The lowest BCUT2D eigenvalue weighted by Crippen LogP contribution is -2.63. The van der Waals surface area contributed by atoms with Crippen LogP contribution in [0, 0.1) is 0 Å². The van der Waals surface area contributed by atoms with Crippen molar-refractivity contribution in [2.75, 3.05) is 0 Å². The highest BCUT2D eigenvalue weighted by Gasteiger charge is 2.40. The van der Waals surface area contributed by atoms with Crippen LogP contribution in [0.4, 0.5) is 0 Å². The molecule has 0 fully saturated rings. The summed E-state index contributed by atoms with van der Waals surface area (Å²) in [7, 11) is -4.80. The van der Waals surface area contributed by atoms with Crippen LogP contribution in [0.3, 0.4) is 0 Å². The van der Waals surface area contributed by atoms with E-state index in [1.165, 1.54) is 0 Å². The molecule has 1 atom stereocenters. The van der Waals surface area contributed by atoms with E-state index < -0.39 is 24.8 Å². The number of hydrogen-bond acceptors (Lipinski definition) is 3. The molecular formula is C15H35NO2Si3. The van der Waals surface area contributed by atoms with Gasteiger partial charge in [-0.1, -0.05) is 45.4 Å². The summed E-state index contributed by atoms with van der Waals surface area (Å²) in [5.41, 5.74) is 0. The van der Waals surface area contributed by atoms with E-state index in [1.807, 2.05) is 6.08 Å². The smallest absolute Gasteiger partial charge is 0.294 e. The topological polar surface area (TPSA) is 29.5 Å². The molecule has 0 heterocycles. The largest absolute Gasteiger partial charge is 0.520 e. The van der Waals surface area contributed by atoms with Gasteiger partial charge < -0.3 is 8.66 Å². The molecule has 0 radical (unpaired) electrons. The highest BCUT2D eigenvalue weighted by atomic mass is 28.4. The van der Waals surface area contributed by atoms with Crippen LogP contribution in [-0.4, -0.2) is 41.0 Å². The second kappa shape index (κ2) is 7.39. The first kappa shape index (κ1) is 20.8. The summed E-state index contributed by atoms with van der Waals surface area (Å²) in [6.07, 6.45) is 3.29. The Balaban J connectivity index is 5.26. The monoisotopic (exact) mass is 345 g/mol. The zero-order valence-corrected chi connectivity index (χ0v) is 18.5. The van der Waals surface area contributed by atoms with Gasteiger partial charge in [-0.25, -0.2) is 0 Å². The summed E-state index contributed by atoms with van der Waals surface area (Å²) in [6, 6.07) is 0.240. The molecule has 0 spiro atoms. The fourth-order valence-corrected chi connectivity index (χ4v) is 14.6. The fraction of sp³-hybridized carbons (Fsp3) is 0.800. The molecule has 0 aliphatic rings. The first-order valence-corrected chi connectivity index (χ1v) is 18.1. The third-order valence-electron chi connectivity index (χ3n) is 3.07. The first-order chi connectivity index (χ1) is 9.18. The second-order valence-corrected chi connectivity index (χ2v) is 23.2. The number of rotatable bonds is 8. The van der Waals surface area contributed by atoms with Crippen LogP contribution in [0.25, 0.3) is 0 Å². The van der Waals surface area contributed by atoms with Gasteiger partial charge in [0.25, 0.3) is 5.97 Å². The van der Waals surface area contributed by atoms with Crippen LogP contribution in [0.2, 0.25) is 58.9 Å². The van der Waals surface area contributed by atoms with Gasteiger partial charge in [0.2, 0.25) is 8.32 Å². The molecule has 0 amide bonds. The Labute approximate surface area is 135 Å². The molecule has 1 unspecified atom stereocenters. The zero-order chi connectivity index (χ0) is 17.1. The minimum atomic E-state index is -1.81. The molecule has 3 nitrogen and oxygen atoms in total. The van der Waals surface area contributed by atoms with Gasteiger partial charge in [-0.05, 0) is 26.1 Å². The maximum Gasteiger partial charge on any atom is 0.294 e. The lowest BCUT2D eigenvalue weighted by molar-refractivity contribution is -0.135. The summed E-state index contributed by atoms with van der Waals surface area (Å²) in [5, 5.41) is 0. The Morgan fingerprint density at radius 3 is 1.76 bits per heavy atom. The van der Waals surface area contributed by atoms with Crippen LogP contribution in [0.15, 0.2) is 12.7 Å². The van der Waals surface area contributed by atoms with Crippen LogP contribution >= 0.6 is 0 Å². The molecule has 0 saturated heterocycles. The normalized spacial score (nSPS) is 15.0. The zero-order valence-electron chi connectivity index (χ0n) is 15.5. The highest BCUT2D eigenvalue weighted by Crippen LogP contribution is 2.27. The summed E-state index contributed by atoms with van der Waals surface area (Å²) >= 11 is 0. The van der Waals surface area contributed by atoms with Gasteiger partial charge in [-0.15, -0.1) is 6.58 Å². The van der Waals surface area contributed by atoms with E-state index in [9.17, 15) is 4.79 Å². The molecular weight excluding hydrogens is 310 g/mol. The minimum absolute atomic E-state index is 0.0393. The predicted octanol–water partition coefficient (Wildman–Crippen LogP) is 4.67. The van der Waals surface area contributed by atoms with Crippen molar-refractivity contribution in [3.8, 4) is 0 Å². The summed E-state index contributed by atoms with van der Waals surface area (Å²) in [5.74, 6) is -0.0393. The van der Waals surface area contributed by atoms with Gasteiger partial charge in [-0.2, -0.15) is 0 Å². The quantitative estimate of drug-likeness (QED) is 0.473. The molecule has 0 aromatic carbocycles. The van der Waals surface area contributed by atoms with Crippen molar-refractivity contribution in [3.05, 3.63) is 12.7 Å². The Hall–Kier alpha value is -0.179. The fourth-order valence-electron chi connectivity index (χ4n) is 3.15. The van der Waals surface area contributed by atoms with Gasteiger partial charge in [0, 0.05) is 6.04 Å². The van der Waals surface area contributed by atoms with Gasteiger partial charge >= 0.3 is 0 Å². The maximum atomic E-state index is 12.3. The van der Waals surface area contributed by atoms with Crippen molar-refractivity contribution in [1.29, 1.82) is 0 Å². The average Bonchev–Trinajstić information content (AvgIpc) is 2.08. The van der Waals surface area contributed by atoms with Crippen molar-refractivity contribution in [2.45, 2.75) is 77.8 Å². The molecule has 21 heavy (non-hydrogen) atoms. The summed E-state index contributed by atoms with van der Waals surface area (Å²) in [6.45, 7) is 24.3. The third kappa shape index (κ3) is 8.13. The molecule has 0 bridgehead atoms. The van der Waals surface area contributed by atoms with Gasteiger partial charge in [0.05, 0.1) is 6.42 Å². The standard InChI is InChI=1S/C15H35NO2Si3/c1-11-12-14(13-15(17)18-21(8,9)10)16(19(2,3)4)20(5,6)7/h11,14H,1,12-13H2,2-10H3. The first-order valence-electron chi connectivity index (χ1n) is 7.80. The third-order valence-corrected chi connectivity index (χ3v) is 11.6. The van der Waals surface area contributed by atoms with Crippen LogP contribution in [0.1, 0.15) is 12.8 Å². The predicted molar refractivity (Wildman–Crippen MR) is 101 cm³/mol. The molecule has 0 N–H and O–H groups in total. The molecule has 124 valence electrons. The average molecular weight is 346 g/mol. The molecule has 0 aromatic heterocycles. The van der Waals surface area contributed by atoms with Gasteiger partial charge in [0.15, 0.2) is 0 Å². The van der Waals surface area contributed by atoms with E-state index in [4.69, 9.17) is 4.43 Å². The lowest BCUT2D eigenvalue weighted by Gasteiger charge is -2.48. The minimum Gasteiger partial charge on any atom is -0.520 e. The molecule has 0 saturated carbocycles. The van der Waals surface area contributed by atoms with Crippen molar-refractivity contribution in [2.24, 2.45) is 0 Å². The SMILES string of the molecule is C=CCC(CC(=O)O[Si](C)(C)C)N([Si](C)(C)C)[Si](C)(C)C. The maximum absolute atomic E-state index is 12.3. The molecule has 0 aromatic rings. The van der Waals surface area contributed by atoms with E-state index in [2.05, 4.69) is 69.7 Å².